The average molecular weight is 474 g/mol. The van der Waals surface area contributed by atoms with Crippen LogP contribution in [0.5, 0.6) is 0 Å². The molecule has 0 N–H and O–H groups in total. The van der Waals surface area contributed by atoms with Crippen LogP contribution in [0.15, 0.2) is 40.4 Å². The van der Waals surface area contributed by atoms with Gasteiger partial charge in [-0.05, 0) is 36.1 Å². The van der Waals surface area contributed by atoms with Gasteiger partial charge in [0.05, 0.1) is 17.9 Å². The van der Waals surface area contributed by atoms with Gasteiger partial charge in [-0.15, -0.1) is 0 Å². The molecule has 9 heteroatoms. The van der Waals surface area contributed by atoms with Gasteiger partial charge in [-0.2, -0.15) is 5.10 Å². The van der Waals surface area contributed by atoms with Crippen LogP contribution in [0, 0.1) is 11.8 Å². The molecule has 4 rings (SSSR count). The summed E-state index contributed by atoms with van der Waals surface area (Å²) in [7, 11) is 0. The third-order valence-electron chi connectivity index (χ3n) is 5.38. The minimum Gasteiger partial charge on any atom is -0.342 e. The highest BCUT2D eigenvalue weighted by atomic mass is 35.5. The van der Waals surface area contributed by atoms with E-state index in [4.69, 9.17) is 16.6 Å². The van der Waals surface area contributed by atoms with Crippen LogP contribution < -0.4 is 5.56 Å². The van der Waals surface area contributed by atoms with Gasteiger partial charge < -0.3 is 4.90 Å². The van der Waals surface area contributed by atoms with Crippen LogP contribution in [0.1, 0.15) is 40.2 Å². The predicted molar refractivity (Wildman–Crippen MR) is 129 cm³/mol. The molecule has 32 heavy (non-hydrogen) atoms. The number of halogens is 1. The molecule has 1 aromatic carbocycles. The zero-order valence-electron chi connectivity index (χ0n) is 18.8. The molecule has 3 heterocycles. The summed E-state index contributed by atoms with van der Waals surface area (Å²) >= 11 is 7.51. The van der Waals surface area contributed by atoms with E-state index in [1.54, 1.807) is 27.6 Å². The molecule has 3 aromatic rings. The minimum atomic E-state index is -0.201. The molecule has 0 spiro atoms. The molecule has 0 bridgehead atoms. The lowest BCUT2D eigenvalue weighted by molar-refractivity contribution is -0.133. The molecule has 0 radical (unpaired) electrons. The first-order valence-electron chi connectivity index (χ1n) is 10.9. The molecular weight excluding hydrogens is 446 g/mol. The summed E-state index contributed by atoms with van der Waals surface area (Å²) in [5, 5.41) is 6.10. The first-order chi connectivity index (χ1) is 15.2. The van der Waals surface area contributed by atoms with Gasteiger partial charge in [0.1, 0.15) is 5.39 Å². The number of hydrogen-bond acceptors (Lipinski definition) is 5. The fourth-order valence-electron chi connectivity index (χ4n) is 4.04. The van der Waals surface area contributed by atoms with Crippen molar-refractivity contribution in [3.8, 4) is 5.69 Å². The van der Waals surface area contributed by atoms with E-state index in [0.29, 0.717) is 45.2 Å². The fraction of sp³-hybridized carbons (Fsp3) is 0.478. The van der Waals surface area contributed by atoms with Crippen LogP contribution in [0.25, 0.3) is 16.7 Å². The maximum absolute atomic E-state index is 13.3. The average Bonchev–Trinajstić information content (AvgIpc) is 3.32. The fourth-order valence-corrected chi connectivity index (χ4v) is 5.30. The van der Waals surface area contributed by atoms with Crippen LogP contribution in [0.2, 0.25) is 5.02 Å². The third-order valence-corrected chi connectivity index (χ3v) is 6.73. The lowest BCUT2D eigenvalue weighted by atomic mass is 10.1. The maximum Gasteiger partial charge on any atom is 0.265 e. The number of nitrogens with zero attached hydrogens (tertiary/aromatic N) is 5. The number of thioether (sulfide) groups is 1. The summed E-state index contributed by atoms with van der Waals surface area (Å²) in [4.78, 5) is 33.2. The normalized spacial score (nSPS) is 15.7. The van der Waals surface area contributed by atoms with Gasteiger partial charge in [0.2, 0.25) is 5.91 Å². The van der Waals surface area contributed by atoms with Crippen LogP contribution >= 0.6 is 23.4 Å². The van der Waals surface area contributed by atoms with Crippen LogP contribution in [-0.2, 0) is 4.79 Å². The van der Waals surface area contributed by atoms with Gasteiger partial charge in [0, 0.05) is 30.3 Å². The summed E-state index contributed by atoms with van der Waals surface area (Å²) in [6, 6.07) is 7.04. The summed E-state index contributed by atoms with van der Waals surface area (Å²) < 4.78 is 3.33. The predicted octanol–water partition coefficient (Wildman–Crippen LogP) is 4.41. The van der Waals surface area contributed by atoms with Crippen molar-refractivity contribution in [2.24, 2.45) is 11.8 Å². The molecule has 0 aliphatic carbocycles. The first-order valence-corrected chi connectivity index (χ1v) is 12.3. The van der Waals surface area contributed by atoms with Crippen LogP contribution in [-0.4, -0.2) is 49.0 Å². The Bertz CT molecular complexity index is 1180. The Morgan fingerprint density at radius 2 is 1.84 bits per heavy atom. The van der Waals surface area contributed by atoms with Gasteiger partial charge in [0.25, 0.3) is 5.56 Å². The number of aromatic nitrogens is 4. The standard InChI is InChI=1S/C23H28ClN5O2S/c1-14(2)11-27(12-15(3)4)20(30)9-18-13-32-23-26-21-19(22(31)28(18)23)10-25-29(21)17-7-5-16(24)6-8-17/h5-8,10,14-15,18H,9,11-13H2,1-4H3. The second-order valence-corrected chi connectivity index (χ2v) is 10.5. The number of hydrogen-bond donors (Lipinski definition) is 0. The largest absolute Gasteiger partial charge is 0.342 e. The second-order valence-electron chi connectivity index (χ2n) is 9.09. The highest BCUT2D eigenvalue weighted by Crippen LogP contribution is 2.34. The van der Waals surface area contributed by atoms with E-state index >= 15 is 0 Å². The number of amides is 1. The summed E-state index contributed by atoms with van der Waals surface area (Å²) in [6.45, 7) is 9.92. The van der Waals surface area contributed by atoms with Gasteiger partial charge >= 0.3 is 0 Å². The molecule has 1 aliphatic heterocycles. The van der Waals surface area contributed by atoms with Crippen molar-refractivity contribution >= 4 is 40.3 Å². The van der Waals surface area contributed by atoms with Gasteiger partial charge in [-0.25, -0.2) is 9.67 Å². The molecule has 1 atom stereocenters. The number of rotatable bonds is 7. The van der Waals surface area contributed by atoms with E-state index in [1.165, 1.54) is 11.8 Å². The third kappa shape index (κ3) is 4.57. The Morgan fingerprint density at radius 1 is 1.19 bits per heavy atom. The topological polar surface area (TPSA) is 73.0 Å². The summed E-state index contributed by atoms with van der Waals surface area (Å²) in [5.41, 5.74) is 1.16. The van der Waals surface area contributed by atoms with Gasteiger partial charge in [0.15, 0.2) is 10.8 Å². The molecule has 0 saturated heterocycles. The van der Waals surface area contributed by atoms with Crippen LogP contribution in [0.4, 0.5) is 0 Å². The Morgan fingerprint density at radius 3 is 2.47 bits per heavy atom. The van der Waals surface area contributed by atoms with Crippen molar-refractivity contribution in [2.45, 2.75) is 45.3 Å². The molecule has 7 nitrogen and oxygen atoms in total. The molecular formula is C23H28ClN5O2S. The van der Waals surface area contributed by atoms with Crippen molar-refractivity contribution < 1.29 is 4.79 Å². The van der Waals surface area contributed by atoms with Crippen molar-refractivity contribution in [2.75, 3.05) is 18.8 Å². The minimum absolute atomic E-state index is 0.0923. The second kappa shape index (κ2) is 9.27. The maximum atomic E-state index is 13.3. The number of carbonyl (C=O) groups excluding carboxylic acids is 1. The molecule has 1 unspecified atom stereocenters. The lowest BCUT2D eigenvalue weighted by Crippen LogP contribution is -2.39. The quantitative estimate of drug-likeness (QED) is 0.475. The highest BCUT2D eigenvalue weighted by molar-refractivity contribution is 7.99. The summed E-state index contributed by atoms with van der Waals surface area (Å²) in [5.74, 6) is 1.54. The lowest BCUT2D eigenvalue weighted by Gasteiger charge is -2.27. The van der Waals surface area contributed by atoms with E-state index in [9.17, 15) is 9.59 Å². The van der Waals surface area contributed by atoms with Crippen molar-refractivity contribution in [3.05, 3.63) is 45.8 Å². The molecule has 0 saturated carbocycles. The monoisotopic (exact) mass is 473 g/mol. The van der Waals surface area contributed by atoms with Gasteiger partial charge in [-0.3, -0.25) is 14.2 Å². The molecule has 1 aliphatic rings. The van der Waals surface area contributed by atoms with E-state index in [0.717, 1.165) is 18.8 Å². The van der Waals surface area contributed by atoms with E-state index in [-0.39, 0.29) is 17.5 Å². The zero-order valence-corrected chi connectivity index (χ0v) is 20.4. The van der Waals surface area contributed by atoms with Crippen molar-refractivity contribution in [3.63, 3.8) is 0 Å². The summed E-state index contributed by atoms with van der Waals surface area (Å²) in [6.07, 6.45) is 1.86. The molecule has 1 amide bonds. The molecule has 0 fully saturated rings. The number of carbonyl (C=O) groups is 1. The Kier molecular flexibility index (Phi) is 6.62. The van der Waals surface area contributed by atoms with Crippen molar-refractivity contribution in [1.82, 2.24) is 24.2 Å². The number of fused-ring (bicyclic) bond motifs is 2. The molecule has 2 aromatic heterocycles. The van der Waals surface area contributed by atoms with E-state index in [2.05, 4.69) is 32.8 Å². The molecule has 170 valence electrons. The van der Waals surface area contributed by atoms with Crippen molar-refractivity contribution in [1.29, 1.82) is 0 Å². The Hall–Kier alpha value is -2.32. The zero-order chi connectivity index (χ0) is 23.0. The number of benzene rings is 1. The SMILES string of the molecule is CC(C)CN(CC(C)C)C(=O)CC1CSc2nc3c(cnn3-c3ccc(Cl)cc3)c(=O)n21. The van der Waals surface area contributed by atoms with Crippen LogP contribution in [0.3, 0.4) is 0 Å². The Labute approximate surface area is 196 Å². The van der Waals surface area contributed by atoms with Gasteiger partial charge in [-0.1, -0.05) is 51.1 Å². The first kappa shape index (κ1) is 22.9. The highest BCUT2D eigenvalue weighted by Gasteiger charge is 2.31. The van der Waals surface area contributed by atoms with E-state index in [1.807, 2.05) is 17.0 Å². The van der Waals surface area contributed by atoms with E-state index < -0.39 is 0 Å². The smallest absolute Gasteiger partial charge is 0.265 e. The Balaban J connectivity index is 1.64.